The molecule has 0 aliphatic heterocycles. The van der Waals surface area contributed by atoms with E-state index in [2.05, 4.69) is 29.2 Å². The molecule has 0 radical (unpaired) electrons. The average Bonchev–Trinajstić information content (AvgIpc) is 2.47. The normalized spacial score (nSPS) is 10.5. The van der Waals surface area contributed by atoms with Crippen molar-refractivity contribution in [3.8, 4) is 17.0 Å². The zero-order valence-electron chi connectivity index (χ0n) is 10.1. The minimum absolute atomic E-state index is 0.861. The van der Waals surface area contributed by atoms with Gasteiger partial charge in [-0.25, -0.2) is 0 Å². The molecule has 0 unspecified atom stereocenters. The highest BCUT2D eigenvalue weighted by Gasteiger charge is 2.04. The number of methoxy groups -OCH3 is 1. The number of hydrogen-bond donors (Lipinski definition) is 0. The standard InChI is InChI=1S/C16H13NO/c1-18-16-9-5-8-13-10-15(17-11-14(13)16)12-6-3-2-4-7-12/h2-11H,1H3. The molecule has 18 heavy (non-hydrogen) atoms. The lowest BCUT2D eigenvalue weighted by Gasteiger charge is -2.06. The van der Waals surface area contributed by atoms with E-state index in [4.69, 9.17) is 4.74 Å². The van der Waals surface area contributed by atoms with Crippen molar-refractivity contribution in [1.82, 2.24) is 4.98 Å². The molecule has 2 aromatic carbocycles. The van der Waals surface area contributed by atoms with Gasteiger partial charge in [0.25, 0.3) is 0 Å². The molecule has 3 rings (SSSR count). The number of hydrogen-bond acceptors (Lipinski definition) is 2. The van der Waals surface area contributed by atoms with E-state index < -0.39 is 0 Å². The Kier molecular flexibility index (Phi) is 2.69. The van der Waals surface area contributed by atoms with Crippen molar-refractivity contribution in [3.05, 3.63) is 60.8 Å². The van der Waals surface area contributed by atoms with Crippen LogP contribution in [0.5, 0.6) is 5.75 Å². The van der Waals surface area contributed by atoms with Crippen molar-refractivity contribution >= 4 is 10.8 Å². The van der Waals surface area contributed by atoms with Crippen molar-refractivity contribution in [2.45, 2.75) is 0 Å². The molecule has 3 aromatic rings. The van der Waals surface area contributed by atoms with E-state index in [-0.39, 0.29) is 0 Å². The molecule has 1 heterocycles. The van der Waals surface area contributed by atoms with Crippen LogP contribution in [0.2, 0.25) is 0 Å². The molecule has 0 saturated carbocycles. The van der Waals surface area contributed by atoms with Gasteiger partial charge in [-0.05, 0) is 17.5 Å². The Morgan fingerprint density at radius 1 is 0.944 bits per heavy atom. The summed E-state index contributed by atoms with van der Waals surface area (Å²) in [6.07, 6.45) is 1.87. The van der Waals surface area contributed by atoms with E-state index in [9.17, 15) is 0 Å². The molecule has 0 N–H and O–H groups in total. The van der Waals surface area contributed by atoms with Crippen LogP contribution in [0.4, 0.5) is 0 Å². The fourth-order valence-corrected chi connectivity index (χ4v) is 2.09. The number of ether oxygens (including phenoxy) is 1. The molecule has 0 aliphatic rings. The van der Waals surface area contributed by atoms with Gasteiger partial charge in [-0.2, -0.15) is 0 Å². The maximum atomic E-state index is 5.33. The van der Waals surface area contributed by atoms with Crippen LogP contribution >= 0.6 is 0 Å². The fraction of sp³-hybridized carbons (Fsp3) is 0.0625. The van der Waals surface area contributed by atoms with Crippen LogP contribution in [-0.2, 0) is 0 Å². The lowest BCUT2D eigenvalue weighted by atomic mass is 10.1. The predicted molar refractivity (Wildman–Crippen MR) is 73.7 cm³/mol. The third kappa shape index (κ3) is 1.82. The Morgan fingerprint density at radius 3 is 2.56 bits per heavy atom. The maximum Gasteiger partial charge on any atom is 0.128 e. The Hall–Kier alpha value is -2.35. The summed E-state index contributed by atoms with van der Waals surface area (Å²) in [7, 11) is 1.68. The molecule has 0 amide bonds. The van der Waals surface area contributed by atoms with Crippen molar-refractivity contribution < 1.29 is 4.74 Å². The second-order valence-electron chi connectivity index (χ2n) is 4.12. The third-order valence-electron chi connectivity index (χ3n) is 3.01. The van der Waals surface area contributed by atoms with Crippen molar-refractivity contribution in [3.63, 3.8) is 0 Å². The summed E-state index contributed by atoms with van der Waals surface area (Å²) in [5, 5.41) is 2.18. The Balaban J connectivity index is 2.18. The van der Waals surface area contributed by atoms with Crippen LogP contribution in [0.1, 0.15) is 0 Å². The van der Waals surface area contributed by atoms with Gasteiger partial charge in [0.1, 0.15) is 5.75 Å². The first kappa shape index (κ1) is 10.8. The summed E-state index contributed by atoms with van der Waals surface area (Å²) in [5.41, 5.74) is 2.11. The fourth-order valence-electron chi connectivity index (χ4n) is 2.09. The number of rotatable bonds is 2. The number of fused-ring (bicyclic) bond motifs is 1. The summed E-state index contributed by atoms with van der Waals surface area (Å²) in [6.45, 7) is 0. The topological polar surface area (TPSA) is 22.1 Å². The van der Waals surface area contributed by atoms with E-state index >= 15 is 0 Å². The molecule has 0 aliphatic carbocycles. The first-order valence-corrected chi connectivity index (χ1v) is 5.86. The zero-order chi connectivity index (χ0) is 12.4. The highest BCUT2D eigenvalue weighted by molar-refractivity contribution is 5.90. The van der Waals surface area contributed by atoms with Crippen molar-refractivity contribution in [2.24, 2.45) is 0 Å². The van der Waals surface area contributed by atoms with Crippen molar-refractivity contribution in [1.29, 1.82) is 0 Å². The Morgan fingerprint density at radius 2 is 1.78 bits per heavy atom. The maximum absolute atomic E-state index is 5.33. The van der Waals surface area contributed by atoms with Crippen LogP contribution in [0.3, 0.4) is 0 Å². The molecular weight excluding hydrogens is 222 g/mol. The van der Waals surface area contributed by atoms with Gasteiger partial charge in [0.2, 0.25) is 0 Å². The van der Waals surface area contributed by atoms with Gasteiger partial charge in [0, 0.05) is 17.1 Å². The minimum atomic E-state index is 0.861. The van der Waals surface area contributed by atoms with Crippen LogP contribution in [0, 0.1) is 0 Å². The average molecular weight is 235 g/mol. The predicted octanol–water partition coefficient (Wildman–Crippen LogP) is 3.91. The third-order valence-corrected chi connectivity index (χ3v) is 3.01. The number of pyridine rings is 1. The first-order chi connectivity index (χ1) is 8.88. The van der Waals surface area contributed by atoms with E-state index in [0.29, 0.717) is 0 Å². The molecule has 2 nitrogen and oxygen atoms in total. The molecule has 0 bridgehead atoms. The van der Waals surface area contributed by atoms with Crippen LogP contribution in [0.15, 0.2) is 60.8 Å². The van der Waals surface area contributed by atoms with Gasteiger partial charge in [-0.3, -0.25) is 4.98 Å². The summed E-state index contributed by atoms with van der Waals surface area (Å²) in [5.74, 6) is 0.861. The van der Waals surface area contributed by atoms with E-state index in [1.807, 2.05) is 36.5 Å². The number of nitrogens with zero attached hydrogens (tertiary/aromatic N) is 1. The van der Waals surface area contributed by atoms with E-state index in [1.165, 1.54) is 0 Å². The van der Waals surface area contributed by atoms with E-state index in [1.54, 1.807) is 7.11 Å². The molecule has 88 valence electrons. The molecule has 0 spiro atoms. The molecule has 1 aromatic heterocycles. The van der Waals surface area contributed by atoms with E-state index in [0.717, 1.165) is 27.8 Å². The van der Waals surface area contributed by atoms with Gasteiger partial charge >= 0.3 is 0 Å². The second-order valence-corrected chi connectivity index (χ2v) is 4.12. The van der Waals surface area contributed by atoms with Gasteiger partial charge < -0.3 is 4.74 Å². The van der Waals surface area contributed by atoms with Crippen LogP contribution < -0.4 is 4.74 Å². The van der Waals surface area contributed by atoms with Gasteiger partial charge in [-0.15, -0.1) is 0 Å². The summed E-state index contributed by atoms with van der Waals surface area (Å²) in [6, 6.07) is 18.3. The number of aromatic nitrogens is 1. The lowest BCUT2D eigenvalue weighted by Crippen LogP contribution is -1.88. The molecule has 0 saturated heterocycles. The smallest absolute Gasteiger partial charge is 0.128 e. The Bertz CT molecular complexity index is 677. The molecular formula is C16H13NO. The summed E-state index contributed by atoms with van der Waals surface area (Å²) < 4.78 is 5.33. The largest absolute Gasteiger partial charge is 0.496 e. The van der Waals surface area contributed by atoms with Gasteiger partial charge in [0.05, 0.1) is 12.8 Å². The quantitative estimate of drug-likeness (QED) is 0.671. The van der Waals surface area contributed by atoms with Gasteiger partial charge in [-0.1, -0.05) is 42.5 Å². The monoisotopic (exact) mass is 235 g/mol. The SMILES string of the molecule is COc1cccc2cc(-c3ccccc3)ncc12. The highest BCUT2D eigenvalue weighted by atomic mass is 16.5. The Labute approximate surface area is 106 Å². The summed E-state index contributed by atoms with van der Waals surface area (Å²) in [4.78, 5) is 4.51. The highest BCUT2D eigenvalue weighted by Crippen LogP contribution is 2.27. The van der Waals surface area contributed by atoms with Crippen LogP contribution in [-0.4, -0.2) is 12.1 Å². The van der Waals surface area contributed by atoms with Crippen LogP contribution in [0.25, 0.3) is 22.0 Å². The van der Waals surface area contributed by atoms with Gasteiger partial charge in [0.15, 0.2) is 0 Å². The molecule has 0 fully saturated rings. The molecule has 2 heteroatoms. The minimum Gasteiger partial charge on any atom is -0.496 e. The first-order valence-electron chi connectivity index (χ1n) is 5.86. The molecule has 0 atom stereocenters. The lowest BCUT2D eigenvalue weighted by molar-refractivity contribution is 0.419. The van der Waals surface area contributed by atoms with Crippen molar-refractivity contribution in [2.75, 3.05) is 7.11 Å². The summed E-state index contributed by atoms with van der Waals surface area (Å²) >= 11 is 0. The number of benzene rings is 2. The second kappa shape index (κ2) is 4.49. The zero-order valence-corrected chi connectivity index (χ0v) is 10.1.